The first kappa shape index (κ1) is 21.5. The fraction of sp³-hybridized carbons (Fsp3) is 0.308. The van der Waals surface area contributed by atoms with E-state index in [9.17, 15) is 9.59 Å². The lowest BCUT2D eigenvalue weighted by Gasteiger charge is -2.22. The van der Waals surface area contributed by atoms with Gasteiger partial charge in [0.25, 0.3) is 5.91 Å². The summed E-state index contributed by atoms with van der Waals surface area (Å²) in [5, 5.41) is 10.4. The number of hydrogen-bond donors (Lipinski definition) is 0. The Bertz CT molecular complexity index is 1400. The van der Waals surface area contributed by atoms with Crippen molar-refractivity contribution < 1.29 is 9.21 Å². The monoisotopic (exact) mass is 459 g/mol. The fourth-order valence-corrected chi connectivity index (χ4v) is 5.35. The molecule has 1 amide bonds. The van der Waals surface area contributed by atoms with Gasteiger partial charge in [0.15, 0.2) is 5.43 Å². The van der Waals surface area contributed by atoms with Crippen molar-refractivity contribution in [1.82, 2.24) is 10.2 Å². The second-order valence-corrected chi connectivity index (χ2v) is 10.2. The largest absolute Gasteiger partial charge is 0.450 e. The van der Waals surface area contributed by atoms with Crippen LogP contribution in [0.15, 0.2) is 57.7 Å². The molecule has 33 heavy (non-hydrogen) atoms. The number of nitrogens with zero attached hydrogens (tertiary/aromatic N) is 3. The molecule has 0 spiro atoms. The van der Waals surface area contributed by atoms with Gasteiger partial charge in [-0.3, -0.25) is 14.5 Å². The molecule has 4 aromatic rings. The topological polar surface area (TPSA) is 76.3 Å². The van der Waals surface area contributed by atoms with Crippen LogP contribution in [-0.2, 0) is 6.42 Å². The van der Waals surface area contributed by atoms with E-state index in [1.54, 1.807) is 29.2 Å². The maximum Gasteiger partial charge on any atom is 0.297 e. The van der Waals surface area contributed by atoms with Gasteiger partial charge in [-0.25, -0.2) is 0 Å². The minimum absolute atomic E-state index is 0.0808. The number of fused-ring (bicyclic) bond motifs is 2. The molecule has 0 fully saturated rings. The Balaban J connectivity index is 1.71. The van der Waals surface area contributed by atoms with Crippen molar-refractivity contribution in [1.29, 1.82) is 0 Å². The first-order chi connectivity index (χ1) is 15.8. The summed E-state index contributed by atoms with van der Waals surface area (Å²) in [6.45, 7) is 8.50. The molecule has 2 aromatic heterocycles. The second kappa shape index (κ2) is 8.23. The van der Waals surface area contributed by atoms with E-state index < -0.39 is 6.04 Å². The van der Waals surface area contributed by atoms with Gasteiger partial charge in [0.05, 0.1) is 17.0 Å². The standard InChI is InChI=1S/C26H25N3O3S/c1-14(2)13-20-27-28-26(33-20)29-22(17-11-9-16(10-12-17)15(3)4)21-23(30)18-7-5-6-8-19(18)32-24(21)25(29)31/h5-12,14-15,22H,13H2,1-4H3/t22-/m0/s1. The van der Waals surface area contributed by atoms with Crippen molar-refractivity contribution in [3.63, 3.8) is 0 Å². The third-order valence-electron chi connectivity index (χ3n) is 5.94. The van der Waals surface area contributed by atoms with Crippen LogP contribution in [0.3, 0.4) is 0 Å². The second-order valence-electron chi connectivity index (χ2n) is 9.15. The maximum atomic E-state index is 13.6. The summed E-state index contributed by atoms with van der Waals surface area (Å²) in [6, 6.07) is 14.5. The molecule has 0 aliphatic carbocycles. The van der Waals surface area contributed by atoms with E-state index in [1.807, 2.05) is 24.3 Å². The van der Waals surface area contributed by atoms with E-state index in [-0.39, 0.29) is 17.1 Å². The Kier molecular flexibility index (Phi) is 5.37. The highest BCUT2D eigenvalue weighted by Gasteiger charge is 2.45. The zero-order chi connectivity index (χ0) is 23.3. The van der Waals surface area contributed by atoms with E-state index in [4.69, 9.17) is 4.42 Å². The lowest BCUT2D eigenvalue weighted by Crippen LogP contribution is -2.29. The average molecular weight is 460 g/mol. The molecule has 0 bridgehead atoms. The summed E-state index contributed by atoms with van der Waals surface area (Å²) in [6.07, 6.45) is 0.779. The zero-order valence-electron chi connectivity index (χ0n) is 19.0. The lowest BCUT2D eigenvalue weighted by atomic mass is 9.95. The summed E-state index contributed by atoms with van der Waals surface area (Å²) in [5.74, 6) is 0.517. The van der Waals surface area contributed by atoms with Crippen molar-refractivity contribution in [2.75, 3.05) is 4.90 Å². The van der Waals surface area contributed by atoms with Crippen molar-refractivity contribution in [2.45, 2.75) is 46.1 Å². The quantitative estimate of drug-likeness (QED) is 0.382. The van der Waals surface area contributed by atoms with Crippen LogP contribution in [0, 0.1) is 5.92 Å². The highest BCUT2D eigenvalue weighted by Crippen LogP contribution is 2.42. The Morgan fingerprint density at radius 1 is 1.00 bits per heavy atom. The van der Waals surface area contributed by atoms with E-state index in [0.29, 0.717) is 33.5 Å². The van der Waals surface area contributed by atoms with Crippen LogP contribution < -0.4 is 10.3 Å². The molecule has 6 nitrogen and oxygen atoms in total. The molecule has 7 heteroatoms. The van der Waals surface area contributed by atoms with E-state index in [2.05, 4.69) is 37.9 Å². The van der Waals surface area contributed by atoms with Crippen LogP contribution >= 0.6 is 11.3 Å². The Morgan fingerprint density at radius 2 is 1.73 bits per heavy atom. The highest BCUT2D eigenvalue weighted by atomic mass is 32.1. The van der Waals surface area contributed by atoms with Gasteiger partial charge in [-0.1, -0.05) is 75.4 Å². The van der Waals surface area contributed by atoms with Crippen molar-refractivity contribution >= 4 is 33.3 Å². The number of benzene rings is 2. The van der Waals surface area contributed by atoms with Crippen LogP contribution in [0.2, 0.25) is 0 Å². The average Bonchev–Trinajstić information content (AvgIpc) is 3.36. The van der Waals surface area contributed by atoms with Gasteiger partial charge in [-0.2, -0.15) is 0 Å². The summed E-state index contributed by atoms with van der Waals surface area (Å²) in [7, 11) is 0. The van der Waals surface area contributed by atoms with Gasteiger partial charge in [-0.15, -0.1) is 10.2 Å². The molecule has 0 unspecified atom stereocenters. The van der Waals surface area contributed by atoms with E-state index >= 15 is 0 Å². The molecule has 168 valence electrons. The minimum atomic E-state index is -0.616. The highest BCUT2D eigenvalue weighted by molar-refractivity contribution is 7.15. The molecule has 3 heterocycles. The molecule has 2 aromatic carbocycles. The first-order valence-electron chi connectivity index (χ1n) is 11.2. The van der Waals surface area contributed by atoms with Gasteiger partial charge in [0.1, 0.15) is 10.6 Å². The van der Waals surface area contributed by atoms with Crippen molar-refractivity contribution in [3.8, 4) is 0 Å². The molecule has 1 aliphatic rings. The van der Waals surface area contributed by atoms with Crippen LogP contribution in [0.5, 0.6) is 0 Å². The summed E-state index contributed by atoms with van der Waals surface area (Å²) in [4.78, 5) is 28.8. The lowest BCUT2D eigenvalue weighted by molar-refractivity contribution is 0.0970. The molecule has 5 rings (SSSR count). The number of carbonyl (C=O) groups excluding carboxylic acids is 1. The van der Waals surface area contributed by atoms with Gasteiger partial charge >= 0.3 is 0 Å². The van der Waals surface area contributed by atoms with Gasteiger partial charge in [0, 0.05) is 6.42 Å². The van der Waals surface area contributed by atoms with E-state index in [1.165, 1.54) is 16.9 Å². The summed E-state index contributed by atoms with van der Waals surface area (Å²) >= 11 is 1.39. The predicted octanol–water partition coefficient (Wildman–Crippen LogP) is 5.72. The molecule has 0 radical (unpaired) electrons. The summed E-state index contributed by atoms with van der Waals surface area (Å²) in [5.41, 5.74) is 2.61. The number of para-hydroxylation sites is 1. The van der Waals surface area contributed by atoms with Gasteiger partial charge in [0.2, 0.25) is 10.9 Å². The van der Waals surface area contributed by atoms with Crippen LogP contribution in [-0.4, -0.2) is 16.1 Å². The SMILES string of the molecule is CC(C)Cc1nnc(N2C(=O)c3oc4ccccc4c(=O)c3[C@@H]2c2ccc(C(C)C)cc2)s1. The zero-order valence-corrected chi connectivity index (χ0v) is 19.8. The van der Waals surface area contributed by atoms with Crippen LogP contribution in [0.1, 0.15) is 71.9 Å². The Hall–Kier alpha value is -3.32. The molecule has 0 saturated carbocycles. The van der Waals surface area contributed by atoms with Crippen molar-refractivity contribution in [3.05, 3.63) is 86.2 Å². The summed E-state index contributed by atoms with van der Waals surface area (Å²) < 4.78 is 6.00. The Labute approximate surface area is 195 Å². The predicted molar refractivity (Wildman–Crippen MR) is 130 cm³/mol. The van der Waals surface area contributed by atoms with E-state index in [0.717, 1.165) is 17.0 Å². The van der Waals surface area contributed by atoms with Crippen LogP contribution in [0.25, 0.3) is 11.0 Å². The molecule has 1 aliphatic heterocycles. The van der Waals surface area contributed by atoms with Gasteiger partial charge < -0.3 is 4.42 Å². The molecule has 0 saturated heterocycles. The number of aromatic nitrogens is 2. The maximum absolute atomic E-state index is 13.6. The number of rotatable bonds is 5. The number of carbonyl (C=O) groups is 1. The Morgan fingerprint density at radius 3 is 2.42 bits per heavy atom. The first-order valence-corrected chi connectivity index (χ1v) is 12.0. The molecular weight excluding hydrogens is 434 g/mol. The normalized spacial score (nSPS) is 15.8. The third-order valence-corrected chi connectivity index (χ3v) is 6.89. The third kappa shape index (κ3) is 3.66. The molecule has 1 atom stereocenters. The number of anilines is 1. The molecule has 0 N–H and O–H groups in total. The van der Waals surface area contributed by atoms with Crippen molar-refractivity contribution in [2.24, 2.45) is 5.92 Å². The number of amides is 1. The van der Waals surface area contributed by atoms with Gasteiger partial charge in [-0.05, 0) is 35.1 Å². The number of hydrogen-bond acceptors (Lipinski definition) is 6. The molecular formula is C26H25N3O3S. The minimum Gasteiger partial charge on any atom is -0.450 e. The smallest absolute Gasteiger partial charge is 0.297 e. The fourth-order valence-electron chi connectivity index (χ4n) is 4.27. The van der Waals surface area contributed by atoms with Crippen LogP contribution in [0.4, 0.5) is 5.13 Å².